The predicted octanol–water partition coefficient (Wildman–Crippen LogP) is 3.31. The second-order valence-corrected chi connectivity index (χ2v) is 5.42. The maximum absolute atomic E-state index is 12.5. The van der Waals surface area contributed by atoms with Crippen molar-refractivity contribution in [2.24, 2.45) is 0 Å². The van der Waals surface area contributed by atoms with Crippen LogP contribution in [0.4, 0.5) is 0 Å². The van der Waals surface area contributed by atoms with Crippen LogP contribution >= 0.6 is 0 Å². The zero-order valence-corrected chi connectivity index (χ0v) is 14.0. The molecule has 0 spiro atoms. The molecule has 0 fully saturated rings. The third-order valence-electron chi connectivity index (χ3n) is 4.21. The Morgan fingerprint density at radius 1 is 1.00 bits per heavy atom. The van der Waals surface area contributed by atoms with E-state index in [0.717, 1.165) is 44.7 Å². The molecule has 1 unspecified atom stereocenters. The molecular formula is C18H30N2O. The average Bonchev–Trinajstić information content (AvgIpc) is 2.55. The summed E-state index contributed by atoms with van der Waals surface area (Å²) in [5, 5.41) is 0. The molecule has 0 radical (unpaired) electrons. The van der Waals surface area contributed by atoms with Gasteiger partial charge in [-0.15, -0.1) is 0 Å². The molecule has 1 aromatic rings. The summed E-state index contributed by atoms with van der Waals surface area (Å²) in [5.74, 6) is 0.222. The van der Waals surface area contributed by atoms with Crippen LogP contribution in [0.15, 0.2) is 30.3 Å². The molecule has 0 saturated carbocycles. The van der Waals surface area contributed by atoms with Gasteiger partial charge in [-0.05, 0) is 39.5 Å². The van der Waals surface area contributed by atoms with Crippen LogP contribution in [0, 0.1) is 0 Å². The third-order valence-corrected chi connectivity index (χ3v) is 4.21. The minimum absolute atomic E-state index is 0.0471. The molecule has 1 atom stereocenters. The molecule has 0 aromatic heterocycles. The van der Waals surface area contributed by atoms with Crippen LogP contribution in [-0.2, 0) is 0 Å². The number of hydrogen-bond donors (Lipinski definition) is 0. The van der Waals surface area contributed by atoms with Crippen molar-refractivity contribution < 1.29 is 4.79 Å². The molecule has 118 valence electrons. The van der Waals surface area contributed by atoms with E-state index in [4.69, 9.17) is 0 Å². The Labute approximate surface area is 129 Å². The Kier molecular flexibility index (Phi) is 8.24. The van der Waals surface area contributed by atoms with E-state index in [0.29, 0.717) is 0 Å². The van der Waals surface area contributed by atoms with E-state index in [1.54, 1.807) is 0 Å². The summed E-state index contributed by atoms with van der Waals surface area (Å²) < 4.78 is 0. The van der Waals surface area contributed by atoms with Crippen LogP contribution in [0.25, 0.3) is 0 Å². The number of nitrogens with zero attached hydrogens (tertiary/aromatic N) is 2. The Morgan fingerprint density at radius 2 is 1.62 bits per heavy atom. The van der Waals surface area contributed by atoms with Crippen LogP contribution in [0.1, 0.15) is 44.5 Å². The molecule has 3 nitrogen and oxygen atoms in total. The maximum atomic E-state index is 12.5. The van der Waals surface area contributed by atoms with Gasteiger partial charge in [0, 0.05) is 12.1 Å². The van der Waals surface area contributed by atoms with Gasteiger partial charge in [-0.25, -0.2) is 0 Å². The lowest BCUT2D eigenvalue weighted by atomic mass is 10.0. The van der Waals surface area contributed by atoms with Crippen LogP contribution in [-0.4, -0.2) is 54.3 Å². The van der Waals surface area contributed by atoms with Crippen molar-refractivity contribution in [3.05, 3.63) is 35.9 Å². The van der Waals surface area contributed by atoms with Gasteiger partial charge in [0.25, 0.3) is 0 Å². The van der Waals surface area contributed by atoms with E-state index in [1.165, 1.54) is 0 Å². The number of rotatable bonds is 10. The second kappa shape index (κ2) is 9.69. The Hall–Kier alpha value is -1.19. The first-order chi connectivity index (χ1) is 10.1. The summed E-state index contributed by atoms with van der Waals surface area (Å²) in [6, 6.07) is 9.57. The Bertz CT molecular complexity index is 401. The average molecular weight is 290 g/mol. The van der Waals surface area contributed by atoms with E-state index in [1.807, 2.05) is 37.3 Å². The molecule has 0 amide bonds. The summed E-state index contributed by atoms with van der Waals surface area (Å²) in [4.78, 5) is 17.2. The first-order valence-electron chi connectivity index (χ1n) is 8.19. The van der Waals surface area contributed by atoms with E-state index in [9.17, 15) is 4.79 Å². The van der Waals surface area contributed by atoms with Crippen LogP contribution < -0.4 is 0 Å². The normalized spacial score (nSPS) is 12.9. The minimum atomic E-state index is -0.0471. The van der Waals surface area contributed by atoms with Gasteiger partial charge < -0.3 is 4.90 Å². The van der Waals surface area contributed by atoms with Crippen LogP contribution in [0.3, 0.4) is 0 Å². The molecule has 0 aliphatic carbocycles. The van der Waals surface area contributed by atoms with Crippen molar-refractivity contribution >= 4 is 5.78 Å². The Balaban J connectivity index is 2.53. The van der Waals surface area contributed by atoms with Crippen LogP contribution in [0.5, 0.6) is 0 Å². The number of hydrogen-bond acceptors (Lipinski definition) is 3. The maximum Gasteiger partial charge on any atom is 0.179 e. The monoisotopic (exact) mass is 290 g/mol. The lowest BCUT2D eigenvalue weighted by Gasteiger charge is -2.28. The highest BCUT2D eigenvalue weighted by Gasteiger charge is 2.20. The second-order valence-electron chi connectivity index (χ2n) is 5.42. The van der Waals surface area contributed by atoms with Crippen molar-refractivity contribution in [3.63, 3.8) is 0 Å². The summed E-state index contributed by atoms with van der Waals surface area (Å²) >= 11 is 0. The van der Waals surface area contributed by atoms with Crippen molar-refractivity contribution in [3.8, 4) is 0 Å². The number of carbonyl (C=O) groups is 1. The lowest BCUT2D eigenvalue weighted by Crippen LogP contribution is -2.40. The number of carbonyl (C=O) groups excluding carboxylic acids is 1. The molecule has 3 heteroatoms. The molecule has 0 heterocycles. The van der Waals surface area contributed by atoms with E-state index < -0.39 is 0 Å². The zero-order chi connectivity index (χ0) is 15.7. The van der Waals surface area contributed by atoms with Gasteiger partial charge >= 0.3 is 0 Å². The van der Waals surface area contributed by atoms with Gasteiger partial charge in [-0.1, -0.05) is 51.1 Å². The molecule has 0 saturated heterocycles. The molecule has 1 rings (SSSR count). The molecular weight excluding hydrogens is 260 g/mol. The smallest absolute Gasteiger partial charge is 0.179 e. The first-order valence-corrected chi connectivity index (χ1v) is 8.19. The summed E-state index contributed by atoms with van der Waals surface area (Å²) in [7, 11) is 0. The zero-order valence-electron chi connectivity index (χ0n) is 14.0. The molecule has 0 bridgehead atoms. The number of likely N-dealkylation sites (N-methyl/N-ethyl adjacent to an activating group) is 1. The minimum Gasteiger partial charge on any atom is -0.304 e. The largest absolute Gasteiger partial charge is 0.304 e. The van der Waals surface area contributed by atoms with Gasteiger partial charge in [0.05, 0.1) is 6.04 Å². The van der Waals surface area contributed by atoms with E-state index in [2.05, 4.69) is 30.6 Å². The highest BCUT2D eigenvalue weighted by atomic mass is 16.1. The highest BCUT2D eigenvalue weighted by Crippen LogP contribution is 2.09. The van der Waals surface area contributed by atoms with Crippen molar-refractivity contribution in [1.82, 2.24) is 9.80 Å². The van der Waals surface area contributed by atoms with Gasteiger partial charge in [-0.3, -0.25) is 9.69 Å². The topological polar surface area (TPSA) is 23.6 Å². The fourth-order valence-electron chi connectivity index (χ4n) is 2.67. The molecule has 21 heavy (non-hydrogen) atoms. The van der Waals surface area contributed by atoms with E-state index in [-0.39, 0.29) is 11.8 Å². The molecule has 0 aliphatic rings. The number of benzene rings is 1. The third kappa shape index (κ3) is 5.60. The van der Waals surface area contributed by atoms with Crippen LogP contribution in [0.2, 0.25) is 0 Å². The molecule has 0 aliphatic heterocycles. The number of ketones is 1. The molecule has 1 aromatic carbocycles. The summed E-state index contributed by atoms with van der Waals surface area (Å²) in [6.45, 7) is 13.7. The Morgan fingerprint density at radius 3 is 2.14 bits per heavy atom. The van der Waals surface area contributed by atoms with Gasteiger partial charge in [0.1, 0.15) is 0 Å². The van der Waals surface area contributed by atoms with E-state index >= 15 is 0 Å². The quantitative estimate of drug-likeness (QED) is 0.618. The predicted molar refractivity (Wildman–Crippen MR) is 89.9 cm³/mol. The van der Waals surface area contributed by atoms with Crippen molar-refractivity contribution in [2.75, 3.05) is 32.7 Å². The summed E-state index contributed by atoms with van der Waals surface area (Å²) in [5.41, 5.74) is 0.812. The van der Waals surface area contributed by atoms with Gasteiger partial charge in [-0.2, -0.15) is 0 Å². The summed E-state index contributed by atoms with van der Waals surface area (Å²) in [6.07, 6.45) is 1.11. The molecule has 0 N–H and O–H groups in total. The van der Waals surface area contributed by atoms with Gasteiger partial charge in [0.15, 0.2) is 5.78 Å². The fraction of sp³-hybridized carbons (Fsp3) is 0.611. The SMILES string of the molecule is CCN(CC)CCCN(CC)C(C)C(=O)c1ccccc1. The van der Waals surface area contributed by atoms with Gasteiger partial charge in [0.2, 0.25) is 0 Å². The van der Waals surface area contributed by atoms with Crippen molar-refractivity contribution in [1.29, 1.82) is 0 Å². The number of Topliss-reactive ketones (excluding diaryl/α,β-unsaturated/α-hetero) is 1. The lowest BCUT2D eigenvalue weighted by molar-refractivity contribution is 0.0838. The highest BCUT2D eigenvalue weighted by molar-refractivity contribution is 5.99. The van der Waals surface area contributed by atoms with Crippen molar-refractivity contribution in [2.45, 2.75) is 40.2 Å². The standard InChI is InChI=1S/C18H30N2O/c1-5-19(6-2)14-11-15-20(7-3)16(4)18(21)17-12-9-8-10-13-17/h8-10,12-13,16H,5-7,11,14-15H2,1-4H3. The fourth-order valence-corrected chi connectivity index (χ4v) is 2.67. The first kappa shape index (κ1) is 17.9.